The number of carbonyl (C=O) groups excluding carboxylic acids is 1. The molecular formula is C14H19F2N3O. The highest BCUT2D eigenvalue weighted by Gasteiger charge is 2.72. The minimum absolute atomic E-state index is 0.0854. The van der Waals surface area contributed by atoms with Crippen LogP contribution >= 0.6 is 0 Å². The Hall–Kier alpha value is -1.30. The van der Waals surface area contributed by atoms with Crippen LogP contribution in [0.15, 0.2) is 6.07 Å². The van der Waals surface area contributed by atoms with Gasteiger partial charge in [0.1, 0.15) is 5.69 Å². The highest BCUT2D eigenvalue weighted by atomic mass is 19.3. The van der Waals surface area contributed by atoms with E-state index in [1.54, 1.807) is 10.7 Å². The molecule has 110 valence electrons. The Kier molecular flexibility index (Phi) is 2.80. The molecule has 0 N–H and O–H groups in total. The summed E-state index contributed by atoms with van der Waals surface area (Å²) in [6.07, 6.45) is -0.0854. The second kappa shape index (κ2) is 4.10. The normalized spacial score (nSPS) is 28.5. The number of fused-ring (bicyclic) bond motifs is 1. The van der Waals surface area contributed by atoms with Crippen LogP contribution < -0.4 is 0 Å². The van der Waals surface area contributed by atoms with Crippen LogP contribution in [0.5, 0.6) is 0 Å². The fourth-order valence-electron chi connectivity index (χ4n) is 2.97. The highest BCUT2D eigenvalue weighted by molar-refractivity contribution is 5.92. The van der Waals surface area contributed by atoms with Crippen molar-refractivity contribution in [3.8, 4) is 0 Å². The van der Waals surface area contributed by atoms with Gasteiger partial charge < -0.3 is 0 Å². The maximum atomic E-state index is 13.8. The third kappa shape index (κ3) is 1.97. The number of hydrogen-bond donors (Lipinski definition) is 0. The van der Waals surface area contributed by atoms with Gasteiger partial charge in [-0.05, 0) is 19.9 Å². The number of alkyl halides is 2. The summed E-state index contributed by atoms with van der Waals surface area (Å²) in [5.74, 6) is -2.75. The van der Waals surface area contributed by atoms with Crippen molar-refractivity contribution in [1.82, 2.24) is 14.7 Å². The average Bonchev–Trinajstić information content (AvgIpc) is 2.69. The summed E-state index contributed by atoms with van der Waals surface area (Å²) in [6.45, 7) is 6.61. The second-order valence-electron chi connectivity index (χ2n) is 6.40. The van der Waals surface area contributed by atoms with E-state index < -0.39 is 11.3 Å². The molecule has 0 radical (unpaired) electrons. The van der Waals surface area contributed by atoms with Gasteiger partial charge in [0.2, 0.25) is 0 Å². The first kappa shape index (κ1) is 13.7. The first-order chi connectivity index (χ1) is 9.24. The molecule has 2 heterocycles. The SMILES string of the molecule is CC(=O)c1cc2n(n1)CC1(CN(C(C)C)C2)CC1(F)F. The molecule has 1 aliphatic carbocycles. The van der Waals surface area contributed by atoms with E-state index in [-0.39, 0.29) is 24.8 Å². The summed E-state index contributed by atoms with van der Waals surface area (Å²) >= 11 is 0. The maximum Gasteiger partial charge on any atom is 0.257 e. The highest BCUT2D eigenvalue weighted by Crippen LogP contribution is 2.62. The third-order valence-corrected chi connectivity index (χ3v) is 4.49. The number of ketones is 1. The van der Waals surface area contributed by atoms with Crippen LogP contribution in [0, 0.1) is 5.41 Å². The Morgan fingerprint density at radius 1 is 1.40 bits per heavy atom. The molecule has 6 heteroatoms. The maximum absolute atomic E-state index is 13.8. The first-order valence-electron chi connectivity index (χ1n) is 6.94. The Bertz CT molecular complexity index is 567. The van der Waals surface area contributed by atoms with Crippen molar-refractivity contribution in [1.29, 1.82) is 0 Å². The summed E-state index contributed by atoms with van der Waals surface area (Å²) < 4.78 is 29.2. The van der Waals surface area contributed by atoms with E-state index in [1.807, 2.05) is 18.7 Å². The number of aromatic nitrogens is 2. The molecule has 0 saturated heterocycles. The predicted octanol–water partition coefficient (Wildman–Crippen LogP) is 2.34. The quantitative estimate of drug-likeness (QED) is 0.782. The summed E-state index contributed by atoms with van der Waals surface area (Å²) in [6, 6.07) is 1.92. The van der Waals surface area contributed by atoms with E-state index >= 15 is 0 Å². The fourth-order valence-corrected chi connectivity index (χ4v) is 2.97. The molecular weight excluding hydrogens is 264 g/mol. The van der Waals surface area contributed by atoms with Gasteiger partial charge in [0, 0.05) is 32.5 Å². The molecule has 20 heavy (non-hydrogen) atoms. The van der Waals surface area contributed by atoms with Gasteiger partial charge in [0.15, 0.2) is 5.78 Å². The van der Waals surface area contributed by atoms with Crippen LogP contribution in [0.25, 0.3) is 0 Å². The van der Waals surface area contributed by atoms with Crippen molar-refractivity contribution in [2.75, 3.05) is 6.54 Å². The lowest BCUT2D eigenvalue weighted by atomic mass is 10.1. The van der Waals surface area contributed by atoms with Crippen LogP contribution in [0.3, 0.4) is 0 Å². The van der Waals surface area contributed by atoms with Crippen LogP contribution in [0.1, 0.15) is 43.4 Å². The molecule has 1 aromatic rings. The largest absolute Gasteiger partial charge is 0.294 e. The summed E-state index contributed by atoms with van der Waals surface area (Å²) in [5.41, 5.74) is 0.205. The standard InChI is InChI=1S/C14H19F2N3O/c1-9(2)18-5-11-4-12(10(3)20)17-19(11)8-13(7-18)6-14(13,15)16/h4,9H,5-8H2,1-3H3. The van der Waals surface area contributed by atoms with Crippen molar-refractivity contribution in [2.24, 2.45) is 5.41 Å². The Balaban J connectivity index is 1.99. The molecule has 1 spiro atoms. The Morgan fingerprint density at radius 2 is 2.05 bits per heavy atom. The van der Waals surface area contributed by atoms with Crippen LogP contribution in [-0.2, 0) is 13.1 Å². The zero-order valence-corrected chi connectivity index (χ0v) is 12.0. The zero-order valence-electron chi connectivity index (χ0n) is 12.0. The van der Waals surface area contributed by atoms with Crippen molar-refractivity contribution < 1.29 is 13.6 Å². The van der Waals surface area contributed by atoms with Gasteiger partial charge >= 0.3 is 0 Å². The lowest BCUT2D eigenvalue weighted by molar-refractivity contribution is 0.0359. The van der Waals surface area contributed by atoms with Gasteiger partial charge in [-0.1, -0.05) is 0 Å². The molecule has 0 bridgehead atoms. The van der Waals surface area contributed by atoms with Gasteiger partial charge in [-0.3, -0.25) is 14.4 Å². The fraction of sp³-hybridized carbons (Fsp3) is 0.714. The molecule has 1 aromatic heterocycles. The molecule has 0 amide bonds. The van der Waals surface area contributed by atoms with Gasteiger partial charge in [-0.2, -0.15) is 5.10 Å². The average molecular weight is 283 g/mol. The summed E-state index contributed by atoms with van der Waals surface area (Å²) in [5, 5.41) is 4.21. The van der Waals surface area contributed by atoms with E-state index in [0.29, 0.717) is 18.8 Å². The molecule has 1 aliphatic heterocycles. The van der Waals surface area contributed by atoms with Crippen molar-refractivity contribution in [3.63, 3.8) is 0 Å². The van der Waals surface area contributed by atoms with E-state index in [4.69, 9.17) is 0 Å². The van der Waals surface area contributed by atoms with Crippen molar-refractivity contribution in [3.05, 3.63) is 17.5 Å². The monoisotopic (exact) mass is 283 g/mol. The van der Waals surface area contributed by atoms with E-state index in [9.17, 15) is 13.6 Å². The number of hydrogen-bond acceptors (Lipinski definition) is 3. The van der Waals surface area contributed by atoms with E-state index in [2.05, 4.69) is 5.10 Å². The van der Waals surface area contributed by atoms with Gasteiger partial charge in [-0.25, -0.2) is 8.78 Å². The molecule has 1 unspecified atom stereocenters. The minimum Gasteiger partial charge on any atom is -0.294 e. The van der Waals surface area contributed by atoms with Crippen molar-refractivity contribution >= 4 is 5.78 Å². The molecule has 2 aliphatic rings. The number of carbonyl (C=O) groups is 1. The number of halogens is 2. The number of nitrogens with zero attached hydrogens (tertiary/aromatic N) is 3. The van der Waals surface area contributed by atoms with Crippen LogP contribution in [0.4, 0.5) is 8.78 Å². The summed E-state index contributed by atoms with van der Waals surface area (Å²) in [4.78, 5) is 13.5. The molecule has 1 saturated carbocycles. The number of Topliss-reactive ketones (excluding diaryl/α,β-unsaturated/α-hetero) is 1. The third-order valence-electron chi connectivity index (χ3n) is 4.49. The van der Waals surface area contributed by atoms with Crippen LogP contribution in [-0.4, -0.2) is 39.0 Å². The molecule has 3 rings (SSSR count). The van der Waals surface area contributed by atoms with Gasteiger partial charge in [0.05, 0.1) is 17.7 Å². The Morgan fingerprint density at radius 3 is 2.55 bits per heavy atom. The second-order valence-corrected chi connectivity index (χ2v) is 6.40. The molecule has 1 fully saturated rings. The molecule has 4 nitrogen and oxygen atoms in total. The van der Waals surface area contributed by atoms with Crippen LogP contribution in [0.2, 0.25) is 0 Å². The summed E-state index contributed by atoms with van der Waals surface area (Å²) in [7, 11) is 0. The Labute approximate surface area is 116 Å². The minimum atomic E-state index is -2.62. The van der Waals surface area contributed by atoms with E-state index in [0.717, 1.165) is 5.69 Å². The lowest BCUT2D eigenvalue weighted by Crippen LogP contribution is -2.36. The predicted molar refractivity (Wildman–Crippen MR) is 69.8 cm³/mol. The van der Waals surface area contributed by atoms with Gasteiger partial charge in [-0.15, -0.1) is 0 Å². The molecule has 0 aromatic carbocycles. The zero-order chi connectivity index (χ0) is 14.7. The van der Waals surface area contributed by atoms with Crippen molar-refractivity contribution in [2.45, 2.75) is 52.2 Å². The topological polar surface area (TPSA) is 38.1 Å². The van der Waals surface area contributed by atoms with Gasteiger partial charge in [0.25, 0.3) is 5.92 Å². The smallest absolute Gasteiger partial charge is 0.257 e. The number of rotatable bonds is 2. The lowest BCUT2D eigenvalue weighted by Gasteiger charge is -2.27. The molecule has 1 atom stereocenters. The van der Waals surface area contributed by atoms with E-state index in [1.165, 1.54) is 6.92 Å². The first-order valence-corrected chi connectivity index (χ1v) is 6.94.